The first kappa shape index (κ1) is 11.9. The van der Waals surface area contributed by atoms with Crippen LogP contribution in [0.2, 0.25) is 0 Å². The summed E-state index contributed by atoms with van der Waals surface area (Å²) < 4.78 is 0. The number of rotatable bonds is 4. The highest BCUT2D eigenvalue weighted by molar-refractivity contribution is 5.95. The lowest BCUT2D eigenvalue weighted by Gasteiger charge is -2.04. The summed E-state index contributed by atoms with van der Waals surface area (Å²) in [7, 11) is 0. The maximum atomic E-state index is 5.53. The molecule has 0 radical (unpaired) electrons. The molecule has 19 heavy (non-hydrogen) atoms. The predicted molar refractivity (Wildman–Crippen MR) is 78.9 cm³/mol. The molecular formula is C16H17N3. The van der Waals surface area contributed by atoms with Crippen molar-refractivity contribution in [3.8, 4) is 11.3 Å². The summed E-state index contributed by atoms with van der Waals surface area (Å²) in [5.74, 6) is 1.01. The van der Waals surface area contributed by atoms with Crippen LogP contribution >= 0.6 is 0 Å². The average molecular weight is 251 g/mol. The summed E-state index contributed by atoms with van der Waals surface area (Å²) in [6, 6.07) is 14.7. The molecule has 1 aromatic heterocycles. The fraction of sp³-hybridized carbons (Fsp3) is 0.188. The van der Waals surface area contributed by atoms with Gasteiger partial charge in [0.2, 0.25) is 0 Å². The number of fused-ring (bicyclic) bond motifs is 1. The molecular weight excluding hydrogens is 234 g/mol. The second-order valence-corrected chi connectivity index (χ2v) is 4.66. The van der Waals surface area contributed by atoms with E-state index in [0.29, 0.717) is 6.54 Å². The minimum atomic E-state index is 0.699. The maximum Gasteiger partial charge on any atom is 0.106 e. The van der Waals surface area contributed by atoms with Gasteiger partial charge in [-0.1, -0.05) is 42.5 Å². The summed E-state index contributed by atoms with van der Waals surface area (Å²) in [4.78, 5) is 7.82. The number of hydrogen-bond acceptors (Lipinski definition) is 2. The number of H-pyrrole nitrogens is 1. The zero-order valence-corrected chi connectivity index (χ0v) is 10.8. The van der Waals surface area contributed by atoms with Crippen molar-refractivity contribution in [1.29, 1.82) is 0 Å². The molecule has 96 valence electrons. The molecule has 0 atom stereocenters. The van der Waals surface area contributed by atoms with E-state index in [4.69, 9.17) is 5.73 Å². The maximum absolute atomic E-state index is 5.53. The quantitative estimate of drug-likeness (QED) is 0.748. The third kappa shape index (κ3) is 2.37. The van der Waals surface area contributed by atoms with Crippen molar-refractivity contribution in [2.24, 2.45) is 5.73 Å². The van der Waals surface area contributed by atoms with Gasteiger partial charge in [0.25, 0.3) is 0 Å². The molecule has 3 N–H and O–H groups in total. The smallest absolute Gasteiger partial charge is 0.106 e. The number of aromatic amines is 1. The molecule has 3 aromatic rings. The first-order chi connectivity index (χ1) is 9.38. The zero-order chi connectivity index (χ0) is 13.1. The molecule has 0 aliphatic heterocycles. The second kappa shape index (κ2) is 5.24. The molecule has 0 aliphatic carbocycles. The minimum Gasteiger partial charge on any atom is -0.342 e. The SMILES string of the molecule is NCCCc1ncc(-c2cccc3ccccc23)[nH]1. The average Bonchev–Trinajstić information content (AvgIpc) is 2.93. The van der Waals surface area contributed by atoms with Gasteiger partial charge in [-0.05, 0) is 23.7 Å². The Balaban J connectivity index is 2.02. The van der Waals surface area contributed by atoms with E-state index in [0.717, 1.165) is 24.4 Å². The molecule has 0 saturated heterocycles. The predicted octanol–water partition coefficient (Wildman–Crippen LogP) is 3.12. The lowest BCUT2D eigenvalue weighted by molar-refractivity contribution is 0.794. The van der Waals surface area contributed by atoms with Crippen LogP contribution in [0.15, 0.2) is 48.7 Å². The number of aromatic nitrogens is 2. The lowest BCUT2D eigenvalue weighted by Crippen LogP contribution is -2.01. The van der Waals surface area contributed by atoms with Gasteiger partial charge in [-0.25, -0.2) is 4.98 Å². The molecule has 1 heterocycles. The van der Waals surface area contributed by atoms with Gasteiger partial charge in [0.15, 0.2) is 0 Å². The van der Waals surface area contributed by atoms with Crippen LogP contribution < -0.4 is 5.73 Å². The monoisotopic (exact) mass is 251 g/mol. The number of aryl methyl sites for hydroxylation is 1. The Morgan fingerprint density at radius 3 is 2.79 bits per heavy atom. The van der Waals surface area contributed by atoms with E-state index in [1.54, 1.807) is 0 Å². The van der Waals surface area contributed by atoms with E-state index < -0.39 is 0 Å². The Kier molecular flexibility index (Phi) is 3.29. The Hall–Kier alpha value is -2.13. The van der Waals surface area contributed by atoms with Gasteiger partial charge in [-0.15, -0.1) is 0 Å². The number of nitrogens with two attached hydrogens (primary N) is 1. The first-order valence-electron chi connectivity index (χ1n) is 6.60. The normalized spacial score (nSPS) is 11.0. The molecule has 0 saturated carbocycles. The molecule has 0 unspecified atom stereocenters. The molecule has 0 fully saturated rings. The summed E-state index contributed by atoms with van der Waals surface area (Å²) in [5, 5.41) is 2.50. The van der Waals surface area contributed by atoms with Crippen molar-refractivity contribution in [3.05, 3.63) is 54.5 Å². The van der Waals surface area contributed by atoms with E-state index in [9.17, 15) is 0 Å². The summed E-state index contributed by atoms with van der Waals surface area (Å²) in [6.07, 6.45) is 3.78. The van der Waals surface area contributed by atoms with Crippen molar-refractivity contribution < 1.29 is 0 Å². The van der Waals surface area contributed by atoms with Gasteiger partial charge in [-0.2, -0.15) is 0 Å². The van der Waals surface area contributed by atoms with Gasteiger partial charge in [0.1, 0.15) is 5.82 Å². The fourth-order valence-corrected chi connectivity index (χ4v) is 2.36. The minimum absolute atomic E-state index is 0.699. The second-order valence-electron chi connectivity index (χ2n) is 4.66. The largest absolute Gasteiger partial charge is 0.342 e. The van der Waals surface area contributed by atoms with E-state index >= 15 is 0 Å². The number of hydrogen-bond donors (Lipinski definition) is 2. The van der Waals surface area contributed by atoms with Crippen molar-refractivity contribution in [3.63, 3.8) is 0 Å². The molecule has 3 rings (SSSR count). The molecule has 0 aliphatic rings. The molecule has 3 nitrogen and oxygen atoms in total. The van der Waals surface area contributed by atoms with E-state index in [1.165, 1.54) is 16.3 Å². The van der Waals surface area contributed by atoms with Crippen molar-refractivity contribution in [2.45, 2.75) is 12.8 Å². The Morgan fingerprint density at radius 2 is 1.89 bits per heavy atom. The van der Waals surface area contributed by atoms with Crippen LogP contribution in [0, 0.1) is 0 Å². The zero-order valence-electron chi connectivity index (χ0n) is 10.8. The fourth-order valence-electron chi connectivity index (χ4n) is 2.36. The summed E-state index contributed by atoms with van der Waals surface area (Å²) in [6.45, 7) is 0.699. The number of imidazole rings is 1. The van der Waals surface area contributed by atoms with Crippen LogP contribution in [0.4, 0.5) is 0 Å². The highest BCUT2D eigenvalue weighted by Gasteiger charge is 2.06. The van der Waals surface area contributed by atoms with Crippen LogP contribution in [0.5, 0.6) is 0 Å². The van der Waals surface area contributed by atoms with E-state index in [2.05, 4.69) is 52.4 Å². The Morgan fingerprint density at radius 1 is 1.05 bits per heavy atom. The van der Waals surface area contributed by atoms with Gasteiger partial charge in [-0.3, -0.25) is 0 Å². The number of nitrogens with zero attached hydrogens (tertiary/aromatic N) is 1. The van der Waals surface area contributed by atoms with Crippen LogP contribution in [0.1, 0.15) is 12.2 Å². The third-order valence-corrected chi connectivity index (χ3v) is 3.33. The molecule has 2 aromatic carbocycles. The van der Waals surface area contributed by atoms with Crippen LogP contribution in [0.3, 0.4) is 0 Å². The summed E-state index contributed by atoms with van der Waals surface area (Å²) >= 11 is 0. The van der Waals surface area contributed by atoms with Crippen LogP contribution in [0.25, 0.3) is 22.0 Å². The molecule has 3 heteroatoms. The highest BCUT2D eigenvalue weighted by atomic mass is 14.9. The lowest BCUT2D eigenvalue weighted by atomic mass is 10.0. The van der Waals surface area contributed by atoms with Gasteiger partial charge in [0.05, 0.1) is 11.9 Å². The van der Waals surface area contributed by atoms with Gasteiger partial charge >= 0.3 is 0 Å². The van der Waals surface area contributed by atoms with Crippen molar-refractivity contribution in [1.82, 2.24) is 9.97 Å². The Labute approximate surface area is 112 Å². The number of benzene rings is 2. The number of nitrogens with one attached hydrogen (secondary N) is 1. The molecule has 0 amide bonds. The first-order valence-corrected chi connectivity index (χ1v) is 6.60. The van der Waals surface area contributed by atoms with Crippen LogP contribution in [-0.4, -0.2) is 16.5 Å². The molecule has 0 bridgehead atoms. The molecule has 0 spiro atoms. The standard InChI is InChI=1S/C16H17N3/c17-10-4-9-16-18-11-15(19-16)14-8-3-6-12-5-1-2-7-13(12)14/h1-3,5-8,11H,4,9-10,17H2,(H,18,19). The van der Waals surface area contributed by atoms with Gasteiger partial charge < -0.3 is 10.7 Å². The van der Waals surface area contributed by atoms with Gasteiger partial charge in [0, 0.05) is 12.0 Å². The van der Waals surface area contributed by atoms with Crippen LogP contribution in [-0.2, 0) is 6.42 Å². The third-order valence-electron chi connectivity index (χ3n) is 3.33. The van der Waals surface area contributed by atoms with Crippen molar-refractivity contribution in [2.75, 3.05) is 6.54 Å². The topological polar surface area (TPSA) is 54.7 Å². The Bertz CT molecular complexity index is 680. The van der Waals surface area contributed by atoms with E-state index in [1.807, 2.05) is 6.20 Å². The summed E-state index contributed by atoms with van der Waals surface area (Å²) in [5.41, 5.74) is 7.80. The van der Waals surface area contributed by atoms with E-state index in [-0.39, 0.29) is 0 Å². The highest BCUT2D eigenvalue weighted by Crippen LogP contribution is 2.27. The van der Waals surface area contributed by atoms with Crippen molar-refractivity contribution >= 4 is 10.8 Å².